The molecule has 1 aromatic heterocycles. The molecule has 8 heteroatoms. The Labute approximate surface area is 174 Å². The van der Waals surface area contributed by atoms with Crippen molar-refractivity contribution in [1.29, 1.82) is 0 Å². The van der Waals surface area contributed by atoms with E-state index in [0.717, 1.165) is 4.90 Å². The van der Waals surface area contributed by atoms with Crippen molar-refractivity contribution in [2.75, 3.05) is 32.7 Å². The maximum absolute atomic E-state index is 12.7. The Bertz CT molecular complexity index is 957. The van der Waals surface area contributed by atoms with E-state index < -0.39 is 0 Å². The van der Waals surface area contributed by atoms with E-state index in [1.807, 2.05) is 0 Å². The first-order valence-electron chi connectivity index (χ1n) is 9.98. The molecule has 0 saturated carbocycles. The zero-order chi connectivity index (χ0) is 21.1. The number of pyridine rings is 1. The van der Waals surface area contributed by atoms with Crippen LogP contribution in [0.4, 0.5) is 0 Å². The Morgan fingerprint density at radius 2 is 1.43 bits per heavy atom. The monoisotopic (exact) mass is 406 g/mol. The minimum absolute atomic E-state index is 0.0569. The van der Waals surface area contributed by atoms with Crippen molar-refractivity contribution in [3.05, 3.63) is 65.5 Å². The highest BCUT2D eigenvalue weighted by Gasteiger charge is 2.35. The predicted molar refractivity (Wildman–Crippen MR) is 108 cm³/mol. The quantitative estimate of drug-likeness (QED) is 0.717. The highest BCUT2D eigenvalue weighted by molar-refractivity contribution is 6.21. The summed E-state index contributed by atoms with van der Waals surface area (Å²) in [6.45, 7) is 2.05. The molecule has 0 unspecified atom stereocenters. The van der Waals surface area contributed by atoms with Gasteiger partial charge < -0.3 is 9.80 Å². The number of rotatable bonds is 4. The molecule has 2 aliphatic rings. The number of aromatic nitrogens is 1. The molecule has 2 aliphatic heterocycles. The Morgan fingerprint density at radius 1 is 0.833 bits per heavy atom. The van der Waals surface area contributed by atoms with Crippen LogP contribution in [0.15, 0.2) is 48.8 Å². The van der Waals surface area contributed by atoms with E-state index in [4.69, 9.17) is 0 Å². The zero-order valence-corrected chi connectivity index (χ0v) is 16.5. The molecule has 0 aliphatic carbocycles. The van der Waals surface area contributed by atoms with Crippen molar-refractivity contribution in [2.24, 2.45) is 0 Å². The summed E-state index contributed by atoms with van der Waals surface area (Å²) < 4.78 is 0. The van der Waals surface area contributed by atoms with Gasteiger partial charge >= 0.3 is 0 Å². The van der Waals surface area contributed by atoms with Crippen molar-refractivity contribution in [1.82, 2.24) is 19.7 Å². The second kappa shape index (κ2) is 8.44. The molecule has 0 radical (unpaired) electrons. The van der Waals surface area contributed by atoms with Crippen LogP contribution in [0.25, 0.3) is 0 Å². The fourth-order valence-corrected chi connectivity index (χ4v) is 3.85. The lowest BCUT2D eigenvalue weighted by molar-refractivity contribution is -0.131. The molecule has 30 heavy (non-hydrogen) atoms. The first kappa shape index (κ1) is 19.8. The van der Waals surface area contributed by atoms with E-state index >= 15 is 0 Å². The summed E-state index contributed by atoms with van der Waals surface area (Å²) in [5, 5.41) is 0. The van der Waals surface area contributed by atoms with Gasteiger partial charge in [-0.05, 0) is 30.7 Å². The Balaban J connectivity index is 1.32. The summed E-state index contributed by atoms with van der Waals surface area (Å²) in [5.74, 6) is -0.899. The normalized spacial score (nSPS) is 16.5. The number of hydrogen-bond donors (Lipinski definition) is 0. The van der Waals surface area contributed by atoms with Gasteiger partial charge in [0.05, 0.1) is 11.1 Å². The largest absolute Gasteiger partial charge is 0.341 e. The highest BCUT2D eigenvalue weighted by Crippen LogP contribution is 2.22. The molecule has 2 aromatic rings. The third kappa shape index (κ3) is 3.80. The van der Waals surface area contributed by atoms with Crippen LogP contribution >= 0.6 is 0 Å². The predicted octanol–water partition coefficient (Wildman–Crippen LogP) is 1.44. The summed E-state index contributed by atoms with van der Waals surface area (Å²) in [5.41, 5.74) is 1.35. The van der Waals surface area contributed by atoms with E-state index in [1.54, 1.807) is 58.6 Å². The molecule has 0 N–H and O–H groups in total. The van der Waals surface area contributed by atoms with Gasteiger partial charge in [0.1, 0.15) is 0 Å². The molecule has 4 amide bonds. The number of benzene rings is 1. The van der Waals surface area contributed by atoms with E-state index in [9.17, 15) is 19.2 Å². The van der Waals surface area contributed by atoms with Gasteiger partial charge in [0.25, 0.3) is 17.7 Å². The van der Waals surface area contributed by atoms with Gasteiger partial charge in [-0.2, -0.15) is 0 Å². The van der Waals surface area contributed by atoms with Crippen molar-refractivity contribution in [3.63, 3.8) is 0 Å². The zero-order valence-electron chi connectivity index (χ0n) is 16.5. The summed E-state index contributed by atoms with van der Waals surface area (Å²) in [4.78, 5) is 58.7. The van der Waals surface area contributed by atoms with Crippen LogP contribution in [0, 0.1) is 0 Å². The molecule has 3 heterocycles. The van der Waals surface area contributed by atoms with E-state index in [-0.39, 0.29) is 36.6 Å². The van der Waals surface area contributed by atoms with Gasteiger partial charge in [-0.25, -0.2) is 0 Å². The van der Waals surface area contributed by atoms with Crippen LogP contribution in [0.1, 0.15) is 43.9 Å². The maximum Gasteiger partial charge on any atom is 0.261 e. The number of hydrogen-bond acceptors (Lipinski definition) is 5. The minimum atomic E-state index is -0.353. The molecule has 1 saturated heterocycles. The van der Waals surface area contributed by atoms with Crippen LogP contribution in [0.2, 0.25) is 0 Å². The summed E-state index contributed by atoms with van der Waals surface area (Å²) >= 11 is 0. The van der Waals surface area contributed by atoms with Gasteiger partial charge in [0.2, 0.25) is 5.91 Å². The van der Waals surface area contributed by atoms with Gasteiger partial charge in [-0.15, -0.1) is 0 Å². The lowest BCUT2D eigenvalue weighted by Crippen LogP contribution is -2.39. The molecule has 1 fully saturated rings. The van der Waals surface area contributed by atoms with E-state index in [2.05, 4.69) is 4.98 Å². The van der Waals surface area contributed by atoms with Crippen molar-refractivity contribution >= 4 is 23.6 Å². The van der Waals surface area contributed by atoms with Gasteiger partial charge in [-0.3, -0.25) is 29.1 Å². The second-order valence-corrected chi connectivity index (χ2v) is 7.32. The number of carbonyl (C=O) groups is 4. The van der Waals surface area contributed by atoms with Crippen LogP contribution in [-0.4, -0.2) is 76.0 Å². The number of fused-ring (bicyclic) bond motifs is 1. The SMILES string of the molecule is O=C(CCN1C(=O)c2ccccc2C1=O)N1CCCN(C(=O)c2ccncc2)CC1. The second-order valence-electron chi connectivity index (χ2n) is 7.32. The first-order valence-corrected chi connectivity index (χ1v) is 9.98. The summed E-state index contributed by atoms with van der Waals surface area (Å²) in [6.07, 6.45) is 3.92. The van der Waals surface area contributed by atoms with Crippen LogP contribution < -0.4 is 0 Å². The topological polar surface area (TPSA) is 90.9 Å². The van der Waals surface area contributed by atoms with E-state index in [0.29, 0.717) is 49.3 Å². The maximum atomic E-state index is 12.7. The van der Waals surface area contributed by atoms with Crippen molar-refractivity contribution in [2.45, 2.75) is 12.8 Å². The summed E-state index contributed by atoms with van der Waals surface area (Å²) in [7, 11) is 0. The Morgan fingerprint density at radius 3 is 2.10 bits per heavy atom. The smallest absolute Gasteiger partial charge is 0.261 e. The van der Waals surface area contributed by atoms with Crippen LogP contribution in [0.3, 0.4) is 0 Å². The lowest BCUT2D eigenvalue weighted by Gasteiger charge is -2.23. The Hall–Kier alpha value is -3.55. The average Bonchev–Trinajstić information content (AvgIpc) is 2.95. The highest BCUT2D eigenvalue weighted by atomic mass is 16.2. The van der Waals surface area contributed by atoms with Crippen molar-refractivity contribution in [3.8, 4) is 0 Å². The van der Waals surface area contributed by atoms with Gasteiger partial charge in [0.15, 0.2) is 0 Å². The molecule has 1 aromatic carbocycles. The third-order valence-electron chi connectivity index (χ3n) is 5.49. The molecule has 154 valence electrons. The standard InChI is InChI=1S/C22H22N4O4/c27-19(8-13-26-21(29)17-4-1-2-5-18(17)22(26)30)24-11-3-12-25(15-14-24)20(28)16-6-9-23-10-7-16/h1-2,4-7,9-10H,3,8,11-15H2. The molecule has 0 bridgehead atoms. The Kier molecular flexibility index (Phi) is 5.56. The van der Waals surface area contributed by atoms with Crippen LogP contribution in [-0.2, 0) is 4.79 Å². The third-order valence-corrected chi connectivity index (χ3v) is 5.49. The van der Waals surface area contributed by atoms with Crippen molar-refractivity contribution < 1.29 is 19.2 Å². The molecular weight excluding hydrogens is 384 g/mol. The molecule has 4 rings (SSSR count). The van der Waals surface area contributed by atoms with Gasteiger partial charge in [0, 0.05) is 57.1 Å². The minimum Gasteiger partial charge on any atom is -0.341 e. The molecular formula is C22H22N4O4. The number of nitrogens with zero attached hydrogens (tertiary/aromatic N) is 4. The number of amides is 4. The van der Waals surface area contributed by atoms with Crippen LogP contribution in [0.5, 0.6) is 0 Å². The molecule has 8 nitrogen and oxygen atoms in total. The molecule has 0 spiro atoms. The fourth-order valence-electron chi connectivity index (χ4n) is 3.85. The lowest BCUT2D eigenvalue weighted by atomic mass is 10.1. The summed E-state index contributed by atoms with van der Waals surface area (Å²) in [6, 6.07) is 10.0. The number of carbonyl (C=O) groups excluding carboxylic acids is 4. The molecule has 0 atom stereocenters. The average molecular weight is 406 g/mol. The first-order chi connectivity index (χ1) is 14.6. The van der Waals surface area contributed by atoms with E-state index in [1.165, 1.54) is 0 Å². The number of imide groups is 1. The fraction of sp³-hybridized carbons (Fsp3) is 0.318. The van der Waals surface area contributed by atoms with Gasteiger partial charge in [-0.1, -0.05) is 12.1 Å².